The van der Waals surface area contributed by atoms with Crippen LogP contribution in [0.3, 0.4) is 0 Å². The number of nitro benzene ring substituents is 1. The molecule has 1 amide bonds. The molecule has 0 saturated heterocycles. The van der Waals surface area contributed by atoms with E-state index in [2.05, 4.69) is 21.2 Å². The van der Waals surface area contributed by atoms with Crippen LogP contribution in [0.5, 0.6) is 0 Å². The molecule has 6 nitrogen and oxygen atoms in total. The Labute approximate surface area is 140 Å². The predicted octanol–water partition coefficient (Wildman–Crippen LogP) is 3.73. The van der Waals surface area contributed by atoms with Gasteiger partial charge in [-0.3, -0.25) is 14.9 Å². The Morgan fingerprint density at radius 3 is 2.68 bits per heavy atom. The van der Waals surface area contributed by atoms with Crippen LogP contribution in [0.15, 0.2) is 34.1 Å². The van der Waals surface area contributed by atoms with E-state index >= 15 is 0 Å². The van der Waals surface area contributed by atoms with Gasteiger partial charge in [-0.1, -0.05) is 0 Å². The number of benzene rings is 1. The molecule has 0 spiro atoms. The van der Waals surface area contributed by atoms with Gasteiger partial charge < -0.3 is 10.2 Å². The third-order valence-electron chi connectivity index (χ3n) is 3.08. The van der Waals surface area contributed by atoms with Crippen LogP contribution in [0.1, 0.15) is 15.2 Å². The number of hydrogen-bond acceptors (Lipinski definition) is 5. The van der Waals surface area contributed by atoms with Crippen molar-refractivity contribution in [3.8, 4) is 0 Å². The van der Waals surface area contributed by atoms with E-state index in [1.54, 1.807) is 37.6 Å². The fourth-order valence-electron chi connectivity index (χ4n) is 1.99. The highest BCUT2D eigenvalue weighted by Gasteiger charge is 2.19. The van der Waals surface area contributed by atoms with Gasteiger partial charge >= 0.3 is 0 Å². The summed E-state index contributed by atoms with van der Waals surface area (Å²) in [6.07, 6.45) is 0. The van der Waals surface area contributed by atoms with Gasteiger partial charge in [-0.05, 0) is 40.2 Å². The Balaban J connectivity index is 2.21. The molecular formula is C14H14BrN3O3S. The third-order valence-corrected chi connectivity index (χ3v) is 4.69. The van der Waals surface area contributed by atoms with Gasteiger partial charge in [-0.25, -0.2) is 0 Å². The number of rotatable bonds is 5. The zero-order valence-corrected chi connectivity index (χ0v) is 14.4. The fourth-order valence-corrected chi connectivity index (χ4v) is 3.53. The first-order valence-corrected chi connectivity index (χ1v) is 7.99. The molecule has 1 heterocycles. The number of thiophene rings is 1. The highest BCUT2D eigenvalue weighted by Crippen LogP contribution is 2.27. The smallest absolute Gasteiger partial charge is 0.293 e. The summed E-state index contributed by atoms with van der Waals surface area (Å²) in [7, 11) is 3.28. The summed E-state index contributed by atoms with van der Waals surface area (Å²) in [4.78, 5) is 25.5. The molecule has 0 fully saturated rings. The minimum Gasteiger partial charge on any atom is -0.383 e. The summed E-state index contributed by atoms with van der Waals surface area (Å²) in [5.41, 5.74) is 0.566. The number of hydrogen-bond donors (Lipinski definition) is 1. The van der Waals surface area contributed by atoms with Gasteiger partial charge in [0, 0.05) is 30.6 Å². The fraction of sp³-hybridized carbons (Fsp3) is 0.214. The molecule has 1 N–H and O–H groups in total. The maximum absolute atomic E-state index is 12.4. The van der Waals surface area contributed by atoms with Gasteiger partial charge in [0.1, 0.15) is 5.69 Å². The van der Waals surface area contributed by atoms with E-state index < -0.39 is 4.92 Å². The second-order valence-electron chi connectivity index (χ2n) is 4.61. The van der Waals surface area contributed by atoms with E-state index in [0.29, 0.717) is 17.8 Å². The van der Waals surface area contributed by atoms with Crippen molar-refractivity contribution < 1.29 is 9.72 Å². The highest BCUT2D eigenvalue weighted by atomic mass is 79.9. The standard InChI is InChI=1S/C14H14BrN3O3S/c1-16-11-5-3-9(7-12(11)18(20)21)14(19)17(2)8-10-4-6-13(15)22-10/h3-7,16H,8H2,1-2H3. The maximum Gasteiger partial charge on any atom is 0.293 e. The van der Waals surface area contributed by atoms with E-state index in [-0.39, 0.29) is 11.6 Å². The molecule has 1 aromatic heterocycles. The van der Waals surface area contributed by atoms with Crippen LogP contribution in [0.4, 0.5) is 11.4 Å². The summed E-state index contributed by atoms with van der Waals surface area (Å²) >= 11 is 4.93. The van der Waals surface area contributed by atoms with Crippen LogP contribution in [0.2, 0.25) is 0 Å². The van der Waals surface area contributed by atoms with Crippen molar-refractivity contribution in [2.24, 2.45) is 0 Å². The summed E-state index contributed by atoms with van der Waals surface area (Å²) < 4.78 is 0.998. The lowest BCUT2D eigenvalue weighted by atomic mass is 10.1. The zero-order chi connectivity index (χ0) is 16.3. The lowest BCUT2D eigenvalue weighted by molar-refractivity contribution is -0.384. The Kier molecular flexibility index (Phi) is 5.15. The average Bonchev–Trinajstić information content (AvgIpc) is 2.90. The van der Waals surface area contributed by atoms with Crippen LogP contribution in [0.25, 0.3) is 0 Å². The number of nitro groups is 1. The first-order valence-electron chi connectivity index (χ1n) is 6.38. The minimum atomic E-state index is -0.501. The molecule has 8 heteroatoms. The molecular weight excluding hydrogens is 370 g/mol. The topological polar surface area (TPSA) is 75.5 Å². The van der Waals surface area contributed by atoms with E-state index in [0.717, 1.165) is 8.66 Å². The van der Waals surface area contributed by atoms with Crippen molar-refractivity contribution in [2.45, 2.75) is 6.54 Å². The van der Waals surface area contributed by atoms with Crippen molar-refractivity contribution in [3.63, 3.8) is 0 Å². The van der Waals surface area contributed by atoms with Gasteiger partial charge in [0.25, 0.3) is 11.6 Å². The van der Waals surface area contributed by atoms with E-state index in [1.165, 1.54) is 11.0 Å². The third kappa shape index (κ3) is 3.63. The molecule has 2 rings (SSSR count). The van der Waals surface area contributed by atoms with E-state index in [4.69, 9.17) is 0 Å². The van der Waals surface area contributed by atoms with E-state index in [1.807, 2.05) is 12.1 Å². The van der Waals surface area contributed by atoms with Crippen LogP contribution in [0, 0.1) is 10.1 Å². The number of nitrogens with zero attached hydrogens (tertiary/aromatic N) is 2. The average molecular weight is 384 g/mol. The van der Waals surface area contributed by atoms with Crippen LogP contribution < -0.4 is 5.32 Å². The van der Waals surface area contributed by atoms with Crippen molar-refractivity contribution in [2.75, 3.05) is 19.4 Å². The maximum atomic E-state index is 12.4. The second-order valence-corrected chi connectivity index (χ2v) is 7.15. The number of carbonyl (C=O) groups excluding carboxylic acids is 1. The minimum absolute atomic E-state index is 0.111. The van der Waals surface area contributed by atoms with E-state index in [9.17, 15) is 14.9 Å². The largest absolute Gasteiger partial charge is 0.383 e. The van der Waals surface area contributed by atoms with Crippen LogP contribution in [-0.2, 0) is 6.54 Å². The predicted molar refractivity (Wildman–Crippen MR) is 90.5 cm³/mol. The normalized spacial score (nSPS) is 10.3. The lowest BCUT2D eigenvalue weighted by Gasteiger charge is -2.16. The number of anilines is 1. The Bertz CT molecular complexity index is 717. The molecule has 0 aliphatic carbocycles. The van der Waals surface area contributed by atoms with Crippen molar-refractivity contribution in [1.29, 1.82) is 0 Å². The molecule has 1 aromatic carbocycles. The monoisotopic (exact) mass is 383 g/mol. The highest BCUT2D eigenvalue weighted by molar-refractivity contribution is 9.11. The molecule has 0 aliphatic rings. The summed E-state index contributed by atoms with van der Waals surface area (Å²) in [6.45, 7) is 0.455. The molecule has 2 aromatic rings. The van der Waals surface area contributed by atoms with Gasteiger partial charge in [-0.2, -0.15) is 0 Å². The molecule has 22 heavy (non-hydrogen) atoms. The zero-order valence-electron chi connectivity index (χ0n) is 12.0. The van der Waals surface area contributed by atoms with Gasteiger partial charge in [0.2, 0.25) is 0 Å². The molecule has 0 aliphatic heterocycles. The Morgan fingerprint density at radius 2 is 2.14 bits per heavy atom. The summed E-state index contributed by atoms with van der Waals surface area (Å²) in [6, 6.07) is 8.29. The Hall–Kier alpha value is -1.93. The van der Waals surface area contributed by atoms with Crippen LogP contribution >= 0.6 is 27.3 Å². The molecule has 0 saturated carbocycles. The molecule has 0 radical (unpaired) electrons. The van der Waals surface area contributed by atoms with Crippen molar-refractivity contribution in [1.82, 2.24) is 4.90 Å². The molecule has 116 valence electrons. The first-order chi connectivity index (χ1) is 10.4. The number of carbonyl (C=O) groups is 1. The second kappa shape index (κ2) is 6.89. The Morgan fingerprint density at radius 1 is 1.41 bits per heavy atom. The quantitative estimate of drug-likeness (QED) is 0.630. The summed E-state index contributed by atoms with van der Waals surface area (Å²) in [5, 5.41) is 13.8. The molecule has 0 bridgehead atoms. The summed E-state index contributed by atoms with van der Waals surface area (Å²) in [5.74, 6) is -0.254. The number of amides is 1. The first kappa shape index (κ1) is 16.4. The van der Waals surface area contributed by atoms with Gasteiger partial charge in [0.15, 0.2) is 0 Å². The molecule has 0 atom stereocenters. The number of halogens is 1. The SMILES string of the molecule is CNc1ccc(C(=O)N(C)Cc2ccc(Br)s2)cc1[N+](=O)[O-]. The van der Waals surface area contributed by atoms with Gasteiger partial charge in [0.05, 0.1) is 15.3 Å². The van der Waals surface area contributed by atoms with Crippen molar-refractivity contribution in [3.05, 3.63) is 54.7 Å². The number of nitrogens with one attached hydrogen (secondary N) is 1. The molecule has 0 unspecified atom stereocenters. The lowest BCUT2D eigenvalue weighted by Crippen LogP contribution is -2.25. The van der Waals surface area contributed by atoms with Crippen molar-refractivity contribution >= 4 is 44.5 Å². The van der Waals surface area contributed by atoms with Crippen LogP contribution in [-0.4, -0.2) is 29.8 Å². The van der Waals surface area contributed by atoms with Gasteiger partial charge in [-0.15, -0.1) is 11.3 Å².